The molecule has 0 saturated carbocycles. The van der Waals surface area contributed by atoms with E-state index in [2.05, 4.69) is 34.9 Å². The molecule has 1 aliphatic rings. The van der Waals surface area contributed by atoms with Crippen LogP contribution in [0.3, 0.4) is 0 Å². The summed E-state index contributed by atoms with van der Waals surface area (Å²) in [5.74, 6) is -1.61. The second-order valence-electron chi connectivity index (χ2n) is 13.1. The first-order chi connectivity index (χ1) is 21.6. The van der Waals surface area contributed by atoms with Crippen molar-refractivity contribution in [1.82, 2.24) is 14.5 Å². The number of fused-ring (bicyclic) bond motifs is 2. The number of nitrogens with zero attached hydrogens (tertiary/aromatic N) is 4. The third-order valence-electron chi connectivity index (χ3n) is 7.08. The van der Waals surface area contributed by atoms with Crippen LogP contribution in [0.2, 0.25) is 30.7 Å². The number of pyridine rings is 2. The SMILES string of the molecule is CC(C)(C)OC(=O)N1CCOc2c(Nc3ccnc4c3cc(C(=O)[O-])n4COCC[Si](C)(C)C)cc(-c3cc(Cl)ccc3F)nc21.[Li+]. The van der Waals surface area contributed by atoms with Gasteiger partial charge < -0.3 is 34.0 Å². The predicted octanol–water partition coefficient (Wildman–Crippen LogP) is 3.45. The van der Waals surface area contributed by atoms with Crippen LogP contribution in [0, 0.1) is 5.82 Å². The number of anilines is 3. The van der Waals surface area contributed by atoms with Crippen molar-refractivity contribution in [2.75, 3.05) is 30.0 Å². The van der Waals surface area contributed by atoms with Gasteiger partial charge in [-0.05, 0) is 63.2 Å². The topological polar surface area (TPSA) is 131 Å². The summed E-state index contributed by atoms with van der Waals surface area (Å²) in [7, 11) is -1.36. The smallest absolute Gasteiger partial charge is 0.543 e. The van der Waals surface area contributed by atoms with E-state index in [0.29, 0.717) is 34.0 Å². The number of carbonyl (C=O) groups excluding carboxylic acids is 2. The molecule has 0 aliphatic carbocycles. The standard InChI is InChI=1S/C32H37ClFN5O6Si.Li/c1-32(2,3)45-31(42)38-11-12-44-27-25(17-24(37-29(27)38)20-15-19(33)7-8-22(20)34)36-23-9-10-35-28-21(23)16-26(30(40)41)39(28)18-43-13-14-46(4,5)6;/h7-10,15-17H,11-14,18H2,1-6H3,(H,40,41)(H,35,36,37);/q;+1/p-1. The predicted molar refractivity (Wildman–Crippen MR) is 175 cm³/mol. The summed E-state index contributed by atoms with van der Waals surface area (Å²) in [6.45, 7) is 12.7. The number of hydrogen-bond acceptors (Lipinski definition) is 9. The van der Waals surface area contributed by atoms with Crippen molar-refractivity contribution in [2.24, 2.45) is 0 Å². The summed E-state index contributed by atoms with van der Waals surface area (Å²) in [6.07, 6.45) is 0.886. The fraction of sp³-hybridized carbons (Fsp3) is 0.375. The summed E-state index contributed by atoms with van der Waals surface area (Å²) in [5, 5.41) is 16.2. The maximum Gasteiger partial charge on any atom is 1.00 e. The molecule has 5 rings (SSSR count). The van der Waals surface area contributed by atoms with Crippen LogP contribution in [0.1, 0.15) is 31.3 Å². The molecule has 0 saturated heterocycles. The maximum absolute atomic E-state index is 15.1. The minimum atomic E-state index is -1.38. The Bertz CT molecular complexity index is 1810. The maximum atomic E-state index is 15.1. The summed E-state index contributed by atoms with van der Waals surface area (Å²) < 4.78 is 34.1. The Labute approximate surface area is 290 Å². The van der Waals surface area contributed by atoms with E-state index in [9.17, 15) is 14.7 Å². The van der Waals surface area contributed by atoms with E-state index in [1.807, 2.05) is 0 Å². The molecular weight excluding hydrogens is 640 g/mol. The Morgan fingerprint density at radius 2 is 1.89 bits per heavy atom. The van der Waals surface area contributed by atoms with Crippen molar-refractivity contribution in [3.05, 3.63) is 59.1 Å². The Kier molecular flexibility index (Phi) is 11.0. The molecule has 0 fully saturated rings. The molecule has 15 heteroatoms. The number of ether oxygens (including phenoxy) is 3. The van der Waals surface area contributed by atoms with Crippen LogP contribution in [0.4, 0.5) is 26.4 Å². The summed E-state index contributed by atoms with van der Waals surface area (Å²) in [6, 6.07) is 9.72. The zero-order valence-corrected chi connectivity index (χ0v) is 29.3. The minimum Gasteiger partial charge on any atom is -0.543 e. The number of aromatic carboxylic acids is 1. The van der Waals surface area contributed by atoms with Crippen LogP contribution < -0.4 is 38.9 Å². The second-order valence-corrected chi connectivity index (χ2v) is 19.2. The molecule has 0 bridgehead atoms. The van der Waals surface area contributed by atoms with Crippen molar-refractivity contribution in [3.8, 4) is 17.0 Å². The second kappa shape index (κ2) is 14.3. The molecule has 3 aromatic heterocycles. The van der Waals surface area contributed by atoms with Crippen molar-refractivity contribution in [2.45, 2.75) is 58.8 Å². The van der Waals surface area contributed by atoms with E-state index in [-0.39, 0.29) is 67.3 Å². The van der Waals surface area contributed by atoms with Gasteiger partial charge in [0.05, 0.1) is 35.3 Å². The van der Waals surface area contributed by atoms with Gasteiger partial charge in [-0.1, -0.05) is 31.2 Å². The number of nitrogens with one attached hydrogen (secondary N) is 1. The average Bonchev–Trinajstić information content (AvgIpc) is 3.34. The number of carbonyl (C=O) groups is 2. The summed E-state index contributed by atoms with van der Waals surface area (Å²) in [4.78, 5) is 35.8. The van der Waals surface area contributed by atoms with Gasteiger partial charge in [0.15, 0.2) is 11.6 Å². The molecule has 4 aromatic rings. The van der Waals surface area contributed by atoms with Gasteiger partial charge >= 0.3 is 25.0 Å². The monoisotopic (exact) mass is 675 g/mol. The molecule has 1 amide bonds. The third kappa shape index (κ3) is 8.47. The molecule has 1 aliphatic heterocycles. The van der Waals surface area contributed by atoms with Gasteiger partial charge in [0.1, 0.15) is 30.4 Å². The number of halogens is 2. The van der Waals surface area contributed by atoms with E-state index in [1.54, 1.807) is 32.9 Å². The molecule has 0 atom stereocenters. The van der Waals surface area contributed by atoms with Gasteiger partial charge in [0, 0.05) is 36.8 Å². The van der Waals surface area contributed by atoms with Gasteiger partial charge in [-0.3, -0.25) is 4.90 Å². The summed E-state index contributed by atoms with van der Waals surface area (Å²) in [5.41, 5.74) is 0.570. The van der Waals surface area contributed by atoms with E-state index in [4.69, 9.17) is 25.8 Å². The van der Waals surface area contributed by atoms with Gasteiger partial charge in [0.25, 0.3) is 0 Å². The number of carboxylic acids is 1. The van der Waals surface area contributed by atoms with Gasteiger partial charge in [-0.15, -0.1) is 0 Å². The number of carboxylic acid groups (broad SMARTS) is 1. The van der Waals surface area contributed by atoms with Crippen LogP contribution >= 0.6 is 11.6 Å². The van der Waals surface area contributed by atoms with Crippen LogP contribution in [0.15, 0.2) is 42.6 Å². The first-order valence-electron chi connectivity index (χ1n) is 14.8. The Balaban J connectivity index is 0.00000500. The van der Waals surface area contributed by atoms with E-state index < -0.39 is 31.6 Å². The zero-order valence-electron chi connectivity index (χ0n) is 27.6. The zero-order chi connectivity index (χ0) is 33.4. The van der Waals surface area contributed by atoms with Crippen molar-refractivity contribution < 1.29 is 52.2 Å². The quantitative estimate of drug-likeness (QED) is 0.209. The Morgan fingerprint density at radius 1 is 1.15 bits per heavy atom. The fourth-order valence-corrected chi connectivity index (χ4v) is 5.77. The first kappa shape index (κ1) is 36.2. The van der Waals surface area contributed by atoms with Crippen LogP contribution in [-0.2, 0) is 16.2 Å². The number of amides is 1. The van der Waals surface area contributed by atoms with Crippen molar-refractivity contribution in [1.29, 1.82) is 0 Å². The summed E-state index contributed by atoms with van der Waals surface area (Å²) >= 11 is 6.22. The largest absolute Gasteiger partial charge is 1.00 e. The van der Waals surface area contributed by atoms with E-state index >= 15 is 4.39 Å². The van der Waals surface area contributed by atoms with Gasteiger partial charge in [-0.2, -0.15) is 0 Å². The molecule has 0 unspecified atom stereocenters. The normalized spacial score (nSPS) is 13.1. The van der Waals surface area contributed by atoms with Crippen LogP contribution in [-0.4, -0.2) is 60.0 Å². The van der Waals surface area contributed by atoms with E-state index in [1.165, 1.54) is 39.9 Å². The molecule has 244 valence electrons. The van der Waals surface area contributed by atoms with Crippen molar-refractivity contribution in [3.63, 3.8) is 0 Å². The Hall–Kier alpha value is -3.61. The van der Waals surface area contributed by atoms with Gasteiger partial charge in [-0.25, -0.2) is 19.2 Å². The first-order valence-corrected chi connectivity index (χ1v) is 18.9. The minimum absolute atomic E-state index is 0. The number of benzene rings is 1. The molecule has 47 heavy (non-hydrogen) atoms. The molecular formula is C32H36ClFLiN5O6Si. The number of aromatic nitrogens is 3. The fourth-order valence-electron chi connectivity index (χ4n) is 4.85. The number of rotatable bonds is 9. The molecule has 1 aromatic carbocycles. The molecule has 0 spiro atoms. The number of hydrogen-bond donors (Lipinski definition) is 1. The molecule has 4 heterocycles. The molecule has 11 nitrogen and oxygen atoms in total. The van der Waals surface area contributed by atoms with Crippen LogP contribution in [0.25, 0.3) is 22.3 Å². The molecule has 0 radical (unpaired) electrons. The molecule has 1 N–H and O–H groups in total. The third-order valence-corrected chi connectivity index (χ3v) is 9.02. The van der Waals surface area contributed by atoms with Crippen molar-refractivity contribution >= 4 is 60.0 Å². The van der Waals surface area contributed by atoms with Gasteiger partial charge in [0.2, 0.25) is 0 Å². The Morgan fingerprint density at radius 3 is 2.57 bits per heavy atom. The van der Waals surface area contributed by atoms with Crippen LogP contribution in [0.5, 0.6) is 5.75 Å². The average molecular weight is 676 g/mol. The van der Waals surface area contributed by atoms with E-state index in [0.717, 1.165) is 6.04 Å².